The van der Waals surface area contributed by atoms with Crippen molar-refractivity contribution >= 4 is 11.6 Å². The summed E-state index contributed by atoms with van der Waals surface area (Å²) in [5.74, 6) is 1.85. The number of nitrogens with one attached hydrogen (secondary N) is 2. The summed E-state index contributed by atoms with van der Waals surface area (Å²) in [6, 6.07) is 0. The fourth-order valence-electron chi connectivity index (χ4n) is 2.14. The number of hydrazine groups is 1. The smallest absolute Gasteiger partial charge is 0.149 e. The largest absolute Gasteiger partial charge is 0.379 e. The van der Waals surface area contributed by atoms with Gasteiger partial charge >= 0.3 is 0 Å². The lowest BCUT2D eigenvalue weighted by Gasteiger charge is -2.28. The fourth-order valence-corrected chi connectivity index (χ4v) is 2.14. The number of ether oxygens (including phenoxy) is 1. The van der Waals surface area contributed by atoms with Gasteiger partial charge in [0.2, 0.25) is 0 Å². The van der Waals surface area contributed by atoms with Crippen molar-refractivity contribution in [1.29, 1.82) is 0 Å². The van der Waals surface area contributed by atoms with E-state index >= 15 is 0 Å². The lowest BCUT2D eigenvalue weighted by Crippen LogP contribution is -2.40. The summed E-state index contributed by atoms with van der Waals surface area (Å²) in [7, 11) is 0. The Morgan fingerprint density at radius 3 is 2.63 bits per heavy atom. The molecule has 1 aliphatic heterocycles. The van der Waals surface area contributed by atoms with E-state index in [9.17, 15) is 0 Å². The van der Waals surface area contributed by atoms with E-state index in [4.69, 9.17) is 4.74 Å². The summed E-state index contributed by atoms with van der Waals surface area (Å²) in [5.41, 5.74) is 4.56. The molecule has 0 aliphatic carbocycles. The van der Waals surface area contributed by atoms with Crippen LogP contribution in [0.4, 0.5) is 11.6 Å². The van der Waals surface area contributed by atoms with Crippen molar-refractivity contribution in [3.63, 3.8) is 0 Å². The van der Waals surface area contributed by atoms with Crippen molar-refractivity contribution in [2.75, 3.05) is 43.6 Å². The van der Waals surface area contributed by atoms with Crippen molar-refractivity contribution < 1.29 is 4.74 Å². The Morgan fingerprint density at radius 1 is 1.21 bits per heavy atom. The summed E-state index contributed by atoms with van der Waals surface area (Å²) in [6.07, 6.45) is 3.65. The molecule has 0 unspecified atom stereocenters. The first-order valence-corrected chi connectivity index (χ1v) is 7.02. The molecule has 2 N–H and O–H groups in total. The van der Waals surface area contributed by atoms with Gasteiger partial charge in [-0.05, 0) is 13.3 Å². The maximum Gasteiger partial charge on any atom is 0.149 e. The van der Waals surface area contributed by atoms with Crippen LogP contribution in [0.25, 0.3) is 0 Å². The molecule has 0 atom stereocenters. The maximum absolute atomic E-state index is 5.35. The molecule has 0 amide bonds. The Bertz CT molecular complexity index is 393. The Kier molecular flexibility index (Phi) is 5.35. The lowest BCUT2D eigenvalue weighted by atomic mass is 10.1. The van der Waals surface area contributed by atoms with Gasteiger partial charge < -0.3 is 15.5 Å². The average molecular weight is 265 g/mol. The highest BCUT2D eigenvalue weighted by atomic mass is 16.5. The molecule has 2 rings (SSSR count). The van der Waals surface area contributed by atoms with E-state index in [1.54, 1.807) is 6.33 Å². The molecule has 6 heteroatoms. The third kappa shape index (κ3) is 3.78. The summed E-state index contributed by atoms with van der Waals surface area (Å²) in [4.78, 5) is 8.72. The number of aromatic nitrogens is 2. The van der Waals surface area contributed by atoms with E-state index in [-0.39, 0.29) is 0 Å². The van der Waals surface area contributed by atoms with Gasteiger partial charge in [0.05, 0.1) is 13.2 Å². The minimum atomic E-state index is 0.765. The van der Waals surface area contributed by atoms with Crippen LogP contribution in [0.1, 0.15) is 25.8 Å². The number of nitrogens with zero attached hydrogens (tertiary/aromatic N) is 3. The third-order valence-electron chi connectivity index (χ3n) is 3.06. The maximum atomic E-state index is 5.35. The zero-order chi connectivity index (χ0) is 13.5. The molecule has 0 bridgehead atoms. The summed E-state index contributed by atoms with van der Waals surface area (Å²) in [5, 5.41) is 5.46. The van der Waals surface area contributed by atoms with Gasteiger partial charge in [-0.25, -0.2) is 15.0 Å². The normalized spacial score (nSPS) is 16.3. The van der Waals surface area contributed by atoms with Gasteiger partial charge in [-0.15, -0.1) is 0 Å². The van der Waals surface area contributed by atoms with Crippen LogP contribution in [0.2, 0.25) is 0 Å². The number of hydrogen-bond donors (Lipinski definition) is 2. The molecule has 1 aliphatic rings. The number of anilines is 2. The van der Waals surface area contributed by atoms with Crippen molar-refractivity contribution in [2.45, 2.75) is 26.7 Å². The van der Waals surface area contributed by atoms with E-state index in [2.05, 4.69) is 39.6 Å². The summed E-state index contributed by atoms with van der Waals surface area (Å²) in [6.45, 7) is 8.40. The van der Waals surface area contributed by atoms with Gasteiger partial charge in [0, 0.05) is 25.2 Å². The highest BCUT2D eigenvalue weighted by Crippen LogP contribution is 2.22. The molecule has 0 radical (unpaired) electrons. The third-order valence-corrected chi connectivity index (χ3v) is 3.06. The minimum Gasteiger partial charge on any atom is -0.379 e. The van der Waals surface area contributed by atoms with Crippen LogP contribution in [0.15, 0.2) is 6.33 Å². The fraction of sp³-hybridized carbons (Fsp3) is 0.692. The van der Waals surface area contributed by atoms with Crippen LogP contribution < -0.4 is 10.7 Å². The number of morpholine rings is 1. The Hall–Kier alpha value is -1.40. The first-order valence-electron chi connectivity index (χ1n) is 7.02. The van der Waals surface area contributed by atoms with Gasteiger partial charge in [0.1, 0.15) is 18.0 Å². The summed E-state index contributed by atoms with van der Waals surface area (Å²) >= 11 is 0. The second-order valence-corrected chi connectivity index (χ2v) is 4.54. The standard InChI is InChI=1S/C13H23N5O/c1-3-5-11-12(14-4-2)15-10-16-13(11)17-18-6-8-19-9-7-18/h10H,3-9H2,1-2H3,(H2,14,15,16,17). The predicted octanol–water partition coefficient (Wildman–Crippen LogP) is 1.52. The molecule has 6 nitrogen and oxygen atoms in total. The second-order valence-electron chi connectivity index (χ2n) is 4.54. The molecule has 0 spiro atoms. The van der Waals surface area contributed by atoms with Crippen molar-refractivity contribution in [1.82, 2.24) is 15.0 Å². The molecule has 0 saturated carbocycles. The van der Waals surface area contributed by atoms with Crippen LogP contribution in [0, 0.1) is 0 Å². The van der Waals surface area contributed by atoms with E-state index in [1.165, 1.54) is 5.56 Å². The Balaban J connectivity index is 2.14. The lowest BCUT2D eigenvalue weighted by molar-refractivity contribution is 0.0494. The minimum absolute atomic E-state index is 0.765. The molecular weight excluding hydrogens is 242 g/mol. The summed E-state index contributed by atoms with van der Waals surface area (Å²) < 4.78 is 5.35. The van der Waals surface area contributed by atoms with Crippen molar-refractivity contribution in [2.24, 2.45) is 0 Å². The monoisotopic (exact) mass is 265 g/mol. The number of hydrogen-bond acceptors (Lipinski definition) is 6. The molecule has 19 heavy (non-hydrogen) atoms. The van der Waals surface area contributed by atoms with Crippen LogP contribution in [-0.2, 0) is 11.2 Å². The van der Waals surface area contributed by atoms with E-state index < -0.39 is 0 Å². The highest BCUT2D eigenvalue weighted by Gasteiger charge is 2.15. The highest BCUT2D eigenvalue weighted by molar-refractivity contribution is 5.57. The second kappa shape index (κ2) is 7.25. The Morgan fingerprint density at radius 2 is 1.95 bits per heavy atom. The molecule has 1 aromatic rings. The Labute approximate surface area is 114 Å². The number of rotatable bonds is 6. The molecule has 106 valence electrons. The van der Waals surface area contributed by atoms with Gasteiger partial charge in [-0.3, -0.25) is 0 Å². The zero-order valence-electron chi connectivity index (χ0n) is 11.8. The molecule has 2 heterocycles. The quantitative estimate of drug-likeness (QED) is 0.813. The van der Waals surface area contributed by atoms with Crippen molar-refractivity contribution in [3.8, 4) is 0 Å². The van der Waals surface area contributed by atoms with E-state index in [0.29, 0.717) is 0 Å². The van der Waals surface area contributed by atoms with Crippen molar-refractivity contribution in [3.05, 3.63) is 11.9 Å². The first kappa shape index (κ1) is 14.0. The predicted molar refractivity (Wildman–Crippen MR) is 76.2 cm³/mol. The topological polar surface area (TPSA) is 62.3 Å². The molecule has 1 aromatic heterocycles. The molecular formula is C13H23N5O. The molecule has 1 fully saturated rings. The van der Waals surface area contributed by atoms with Gasteiger partial charge in [0.25, 0.3) is 0 Å². The van der Waals surface area contributed by atoms with Crippen LogP contribution in [-0.4, -0.2) is 47.8 Å². The van der Waals surface area contributed by atoms with E-state index in [0.717, 1.165) is 57.3 Å². The molecule has 1 saturated heterocycles. The SMILES string of the molecule is CCCc1c(NCC)ncnc1NN1CCOCC1. The van der Waals surface area contributed by atoms with Crippen LogP contribution in [0.3, 0.4) is 0 Å². The van der Waals surface area contributed by atoms with E-state index in [1.807, 2.05) is 0 Å². The van der Waals surface area contributed by atoms with Crippen LogP contribution >= 0.6 is 0 Å². The average Bonchev–Trinajstić information content (AvgIpc) is 2.44. The molecule has 0 aromatic carbocycles. The van der Waals surface area contributed by atoms with Gasteiger partial charge in [-0.2, -0.15) is 0 Å². The zero-order valence-corrected chi connectivity index (χ0v) is 11.8. The van der Waals surface area contributed by atoms with Gasteiger partial charge in [0.15, 0.2) is 0 Å². The van der Waals surface area contributed by atoms with Gasteiger partial charge in [-0.1, -0.05) is 13.3 Å². The first-order chi connectivity index (χ1) is 9.35. The van der Waals surface area contributed by atoms with Crippen LogP contribution in [0.5, 0.6) is 0 Å².